The molecule has 2 aromatic carbocycles. The normalized spacial score (nSPS) is 15.9. The molecule has 1 aliphatic rings. The number of imidazole rings is 1. The zero-order chi connectivity index (χ0) is 18.4. The van der Waals surface area contributed by atoms with Crippen LogP contribution in [0.4, 0.5) is 5.69 Å². The summed E-state index contributed by atoms with van der Waals surface area (Å²) in [5.41, 5.74) is 5.59. The summed E-state index contributed by atoms with van der Waals surface area (Å²) in [6.45, 7) is 3.94. The number of methoxy groups -OCH3 is 1. The summed E-state index contributed by atoms with van der Waals surface area (Å²) in [7, 11) is 1.78. The predicted molar refractivity (Wildman–Crippen MR) is 106 cm³/mol. The number of aromatic nitrogens is 4. The van der Waals surface area contributed by atoms with E-state index in [0.29, 0.717) is 0 Å². The van der Waals surface area contributed by atoms with E-state index in [9.17, 15) is 0 Å². The summed E-state index contributed by atoms with van der Waals surface area (Å²) >= 11 is 0. The van der Waals surface area contributed by atoms with Crippen molar-refractivity contribution in [2.24, 2.45) is 0 Å². The van der Waals surface area contributed by atoms with Crippen molar-refractivity contribution in [1.29, 1.82) is 0 Å². The number of nitrogens with one attached hydrogen (secondary N) is 1. The monoisotopic (exact) mass is 359 g/mol. The first-order valence-corrected chi connectivity index (χ1v) is 9.01. The Labute approximate surface area is 157 Å². The minimum absolute atomic E-state index is 0.0575. The number of anilines is 1. The molecule has 1 aliphatic heterocycles. The van der Waals surface area contributed by atoms with Crippen LogP contribution in [-0.4, -0.2) is 45.5 Å². The largest absolute Gasteiger partial charge is 0.375 e. The lowest BCUT2D eigenvalue weighted by atomic mass is 9.94. The van der Waals surface area contributed by atoms with Crippen molar-refractivity contribution in [3.8, 4) is 16.8 Å². The second-order valence-corrected chi connectivity index (χ2v) is 7.35. The quantitative estimate of drug-likeness (QED) is 0.604. The first-order chi connectivity index (χ1) is 13.1. The molecule has 1 fully saturated rings. The number of benzene rings is 2. The second-order valence-electron chi connectivity index (χ2n) is 7.35. The molecule has 2 aromatic heterocycles. The van der Waals surface area contributed by atoms with E-state index in [1.807, 2.05) is 23.3 Å². The highest BCUT2D eigenvalue weighted by Crippen LogP contribution is 2.36. The van der Waals surface area contributed by atoms with Gasteiger partial charge in [-0.1, -0.05) is 12.1 Å². The lowest BCUT2D eigenvalue weighted by molar-refractivity contribution is -0.0167. The molecule has 0 atom stereocenters. The van der Waals surface area contributed by atoms with E-state index in [2.05, 4.69) is 63.4 Å². The zero-order valence-electron chi connectivity index (χ0n) is 15.4. The van der Waals surface area contributed by atoms with Crippen LogP contribution in [0.25, 0.3) is 27.7 Å². The van der Waals surface area contributed by atoms with Crippen LogP contribution in [0.1, 0.15) is 6.92 Å². The van der Waals surface area contributed by atoms with E-state index < -0.39 is 0 Å². The van der Waals surface area contributed by atoms with Gasteiger partial charge in [0, 0.05) is 49.2 Å². The second kappa shape index (κ2) is 5.96. The van der Waals surface area contributed by atoms with Gasteiger partial charge in [0.25, 0.3) is 0 Å². The summed E-state index contributed by atoms with van der Waals surface area (Å²) in [4.78, 5) is 6.56. The lowest BCUT2D eigenvalue weighted by Crippen LogP contribution is -2.61. The van der Waals surface area contributed by atoms with Crippen LogP contribution in [0.15, 0.2) is 61.3 Å². The molecule has 4 aromatic rings. The van der Waals surface area contributed by atoms with Crippen LogP contribution in [0.5, 0.6) is 0 Å². The average molecular weight is 359 g/mol. The van der Waals surface area contributed by atoms with Crippen LogP contribution in [0, 0.1) is 0 Å². The van der Waals surface area contributed by atoms with Crippen molar-refractivity contribution in [2.75, 3.05) is 25.1 Å². The van der Waals surface area contributed by atoms with Gasteiger partial charge in [0.05, 0.1) is 29.3 Å². The molecule has 0 aliphatic carbocycles. The molecule has 6 nitrogen and oxygen atoms in total. The molecule has 6 heteroatoms. The number of fused-ring (bicyclic) bond motifs is 1. The highest BCUT2D eigenvalue weighted by molar-refractivity contribution is 5.87. The Kier molecular flexibility index (Phi) is 3.55. The summed E-state index contributed by atoms with van der Waals surface area (Å²) in [5.74, 6) is 0. The summed E-state index contributed by atoms with van der Waals surface area (Å²) < 4.78 is 7.64. The lowest BCUT2D eigenvalue weighted by Gasteiger charge is -2.48. The number of hydrogen-bond donors (Lipinski definition) is 1. The molecule has 136 valence electrons. The Morgan fingerprint density at radius 3 is 2.81 bits per heavy atom. The molecular weight excluding hydrogens is 338 g/mol. The Bertz CT molecular complexity index is 1090. The highest BCUT2D eigenvalue weighted by atomic mass is 16.5. The Hall–Kier alpha value is -3.12. The van der Waals surface area contributed by atoms with Gasteiger partial charge in [-0.05, 0) is 36.8 Å². The van der Waals surface area contributed by atoms with Gasteiger partial charge in [0.2, 0.25) is 0 Å². The van der Waals surface area contributed by atoms with E-state index in [4.69, 9.17) is 4.74 Å². The standard InChI is InChI=1S/C21H21N5O/c1-21(27-2)12-26(13-21)17-5-6-20(25-8-7-22-14-25)18(10-17)15-3-4-16-11-23-24-19(16)9-15/h3-11,14H,12-13H2,1-2H3,(H,23,24). The van der Waals surface area contributed by atoms with E-state index in [-0.39, 0.29) is 5.60 Å². The molecule has 0 saturated carbocycles. The minimum Gasteiger partial charge on any atom is -0.375 e. The molecule has 5 rings (SSSR count). The molecule has 0 unspecified atom stereocenters. The first-order valence-electron chi connectivity index (χ1n) is 9.01. The predicted octanol–water partition coefficient (Wildman–Crippen LogP) is 3.64. The molecule has 0 radical (unpaired) electrons. The smallest absolute Gasteiger partial charge is 0.0998 e. The molecule has 0 amide bonds. The Morgan fingerprint density at radius 2 is 2.04 bits per heavy atom. The topological polar surface area (TPSA) is 59.0 Å². The molecule has 1 N–H and O–H groups in total. The van der Waals surface area contributed by atoms with Crippen LogP contribution >= 0.6 is 0 Å². The van der Waals surface area contributed by atoms with Gasteiger partial charge in [-0.15, -0.1) is 0 Å². The summed E-state index contributed by atoms with van der Waals surface area (Å²) in [6.07, 6.45) is 7.45. The zero-order valence-corrected chi connectivity index (χ0v) is 15.4. The van der Waals surface area contributed by atoms with Crippen molar-refractivity contribution >= 4 is 16.6 Å². The van der Waals surface area contributed by atoms with Crippen LogP contribution in [-0.2, 0) is 4.74 Å². The van der Waals surface area contributed by atoms with E-state index >= 15 is 0 Å². The third-order valence-electron chi connectivity index (χ3n) is 5.42. The van der Waals surface area contributed by atoms with Crippen molar-refractivity contribution in [1.82, 2.24) is 19.7 Å². The molecule has 3 heterocycles. The van der Waals surface area contributed by atoms with Crippen molar-refractivity contribution in [2.45, 2.75) is 12.5 Å². The van der Waals surface area contributed by atoms with Crippen molar-refractivity contribution < 1.29 is 4.74 Å². The fourth-order valence-electron chi connectivity index (χ4n) is 3.76. The van der Waals surface area contributed by atoms with E-state index in [1.165, 1.54) is 5.69 Å². The molecular formula is C21H21N5O. The average Bonchev–Trinajstić information content (AvgIpc) is 3.36. The maximum absolute atomic E-state index is 5.60. The van der Waals surface area contributed by atoms with Crippen LogP contribution < -0.4 is 4.90 Å². The number of H-pyrrole nitrogens is 1. The molecule has 1 saturated heterocycles. The number of nitrogens with zero attached hydrogens (tertiary/aromatic N) is 4. The SMILES string of the molecule is COC1(C)CN(c2ccc(-n3ccnc3)c(-c3ccc4cn[nH]c4c3)c2)C1. The number of aromatic amines is 1. The van der Waals surface area contributed by atoms with Crippen molar-refractivity contribution in [3.63, 3.8) is 0 Å². The van der Waals surface area contributed by atoms with E-state index in [1.54, 1.807) is 13.3 Å². The third kappa shape index (κ3) is 2.69. The minimum atomic E-state index is -0.0575. The Morgan fingerprint density at radius 1 is 1.15 bits per heavy atom. The molecule has 0 bridgehead atoms. The van der Waals surface area contributed by atoms with Gasteiger partial charge in [-0.2, -0.15) is 5.10 Å². The maximum atomic E-state index is 5.60. The first kappa shape index (κ1) is 16.1. The number of hydrogen-bond acceptors (Lipinski definition) is 4. The third-order valence-corrected chi connectivity index (χ3v) is 5.42. The van der Waals surface area contributed by atoms with Gasteiger partial charge in [-0.3, -0.25) is 5.10 Å². The highest BCUT2D eigenvalue weighted by Gasteiger charge is 2.39. The summed E-state index contributed by atoms with van der Waals surface area (Å²) in [5, 5.41) is 8.31. The molecule has 27 heavy (non-hydrogen) atoms. The number of rotatable bonds is 4. The Balaban J connectivity index is 1.61. The fourth-order valence-corrected chi connectivity index (χ4v) is 3.76. The molecule has 0 spiro atoms. The van der Waals surface area contributed by atoms with Gasteiger partial charge in [0.15, 0.2) is 0 Å². The fraction of sp³-hybridized carbons (Fsp3) is 0.238. The van der Waals surface area contributed by atoms with Gasteiger partial charge in [0.1, 0.15) is 0 Å². The van der Waals surface area contributed by atoms with Gasteiger partial charge >= 0.3 is 0 Å². The summed E-state index contributed by atoms with van der Waals surface area (Å²) in [6, 6.07) is 13.0. The van der Waals surface area contributed by atoms with Crippen molar-refractivity contribution in [3.05, 3.63) is 61.3 Å². The van der Waals surface area contributed by atoms with Gasteiger partial charge < -0.3 is 14.2 Å². The number of ether oxygens (including phenoxy) is 1. The van der Waals surface area contributed by atoms with Crippen LogP contribution in [0.3, 0.4) is 0 Å². The van der Waals surface area contributed by atoms with Crippen LogP contribution in [0.2, 0.25) is 0 Å². The van der Waals surface area contributed by atoms with E-state index in [0.717, 1.165) is 40.8 Å². The maximum Gasteiger partial charge on any atom is 0.0998 e. The van der Waals surface area contributed by atoms with Gasteiger partial charge in [-0.25, -0.2) is 4.98 Å².